The first kappa shape index (κ1) is 15.9. The van der Waals surface area contributed by atoms with E-state index < -0.39 is 0 Å². The Kier molecular flexibility index (Phi) is 4.75. The zero-order chi connectivity index (χ0) is 16.3. The molecule has 0 saturated heterocycles. The van der Waals surface area contributed by atoms with Gasteiger partial charge in [0.25, 0.3) is 5.56 Å². The quantitative estimate of drug-likeness (QED) is 0.944. The van der Waals surface area contributed by atoms with Gasteiger partial charge in [0.1, 0.15) is 6.54 Å². The van der Waals surface area contributed by atoms with Gasteiger partial charge in [0, 0.05) is 11.8 Å². The molecule has 1 amide bonds. The molecule has 0 saturated carbocycles. The molecule has 116 valence electrons. The van der Waals surface area contributed by atoms with E-state index in [-0.39, 0.29) is 23.9 Å². The van der Waals surface area contributed by atoms with E-state index >= 15 is 0 Å². The van der Waals surface area contributed by atoms with Gasteiger partial charge in [0.15, 0.2) is 0 Å². The minimum absolute atomic E-state index is 0.0444. The number of hydrogen-bond donors (Lipinski definition) is 1. The van der Waals surface area contributed by atoms with Crippen molar-refractivity contribution in [2.75, 3.05) is 5.32 Å². The number of carbonyl (C=O) groups excluding carboxylic acids is 1. The average molecular weight is 299 g/mol. The highest BCUT2D eigenvalue weighted by molar-refractivity contribution is 5.90. The van der Waals surface area contributed by atoms with Gasteiger partial charge in [-0.2, -0.15) is 0 Å². The van der Waals surface area contributed by atoms with Crippen LogP contribution < -0.4 is 10.9 Å². The summed E-state index contributed by atoms with van der Waals surface area (Å²) in [5, 5.41) is 2.81. The summed E-state index contributed by atoms with van der Waals surface area (Å²) in [5.74, 6) is -0.0577. The molecule has 0 aliphatic rings. The van der Waals surface area contributed by atoms with Crippen molar-refractivity contribution < 1.29 is 4.79 Å². The van der Waals surface area contributed by atoms with Crippen molar-refractivity contribution in [3.05, 3.63) is 57.8 Å². The van der Waals surface area contributed by atoms with E-state index in [0.29, 0.717) is 0 Å². The van der Waals surface area contributed by atoms with Crippen molar-refractivity contribution >= 4 is 11.6 Å². The Balaban J connectivity index is 2.10. The summed E-state index contributed by atoms with van der Waals surface area (Å²) in [6.07, 6.45) is 1.43. The van der Waals surface area contributed by atoms with Crippen LogP contribution in [0.25, 0.3) is 0 Å². The summed E-state index contributed by atoms with van der Waals surface area (Å²) in [6, 6.07) is 7.31. The zero-order valence-corrected chi connectivity index (χ0v) is 13.4. The number of hydrogen-bond acceptors (Lipinski definition) is 3. The fraction of sp³-hybridized carbons (Fsp3) is 0.353. The molecule has 5 heteroatoms. The van der Waals surface area contributed by atoms with Crippen LogP contribution in [-0.4, -0.2) is 15.5 Å². The van der Waals surface area contributed by atoms with Crippen LogP contribution in [0.15, 0.2) is 35.4 Å². The number of aryl methyl sites for hydroxylation is 2. The second kappa shape index (κ2) is 6.56. The third-order valence-electron chi connectivity index (χ3n) is 3.31. The number of aromatic nitrogens is 2. The van der Waals surface area contributed by atoms with Crippen LogP contribution in [0.2, 0.25) is 0 Å². The van der Waals surface area contributed by atoms with Gasteiger partial charge in [0.2, 0.25) is 5.91 Å². The molecular weight excluding hydrogens is 278 g/mol. The minimum Gasteiger partial charge on any atom is -0.325 e. The van der Waals surface area contributed by atoms with Crippen LogP contribution in [0.1, 0.15) is 36.6 Å². The third-order valence-corrected chi connectivity index (χ3v) is 3.31. The van der Waals surface area contributed by atoms with Gasteiger partial charge in [-0.05, 0) is 43.0 Å². The van der Waals surface area contributed by atoms with E-state index in [1.165, 1.54) is 17.0 Å². The van der Waals surface area contributed by atoms with Gasteiger partial charge in [-0.3, -0.25) is 14.2 Å². The molecule has 0 spiro atoms. The largest absolute Gasteiger partial charge is 0.325 e. The number of anilines is 1. The summed E-state index contributed by atoms with van der Waals surface area (Å²) in [7, 11) is 0. The van der Waals surface area contributed by atoms with Crippen LogP contribution in [-0.2, 0) is 11.3 Å². The highest BCUT2D eigenvalue weighted by Crippen LogP contribution is 2.13. The van der Waals surface area contributed by atoms with Crippen LogP contribution in [0.3, 0.4) is 0 Å². The van der Waals surface area contributed by atoms with Gasteiger partial charge >= 0.3 is 0 Å². The standard InChI is InChI=1S/C17H21N3O2/c1-11(2)15-8-17(22)20(10-18-15)9-16(21)19-14-6-12(3)5-13(4)7-14/h5-8,10-11H,9H2,1-4H3,(H,19,21). The number of benzene rings is 1. The number of carbonyl (C=O) groups is 1. The lowest BCUT2D eigenvalue weighted by atomic mass is 10.1. The fourth-order valence-corrected chi connectivity index (χ4v) is 2.28. The highest BCUT2D eigenvalue weighted by atomic mass is 16.2. The van der Waals surface area contributed by atoms with Crippen LogP contribution in [0.5, 0.6) is 0 Å². The third kappa shape index (κ3) is 4.04. The Labute approximate surface area is 130 Å². The molecule has 0 aliphatic carbocycles. The second-order valence-electron chi connectivity index (χ2n) is 5.86. The Morgan fingerprint density at radius 2 is 1.82 bits per heavy atom. The topological polar surface area (TPSA) is 64.0 Å². The Morgan fingerprint density at radius 3 is 2.36 bits per heavy atom. The van der Waals surface area contributed by atoms with Gasteiger partial charge in [-0.15, -0.1) is 0 Å². The van der Waals surface area contributed by atoms with Crippen LogP contribution in [0, 0.1) is 13.8 Å². The molecule has 5 nitrogen and oxygen atoms in total. The molecule has 2 rings (SSSR count). The SMILES string of the molecule is Cc1cc(C)cc(NC(=O)Cn2cnc(C(C)C)cc2=O)c1. The molecule has 0 bridgehead atoms. The molecule has 0 radical (unpaired) electrons. The summed E-state index contributed by atoms with van der Waals surface area (Å²) >= 11 is 0. The van der Waals surface area contributed by atoms with E-state index in [2.05, 4.69) is 10.3 Å². The first-order chi connectivity index (χ1) is 10.3. The lowest BCUT2D eigenvalue weighted by Gasteiger charge is -2.10. The molecule has 1 aromatic carbocycles. The van der Waals surface area contributed by atoms with Crippen molar-refractivity contribution in [3.63, 3.8) is 0 Å². The normalized spacial score (nSPS) is 10.8. The maximum absolute atomic E-state index is 12.1. The smallest absolute Gasteiger partial charge is 0.254 e. The molecular formula is C17H21N3O2. The van der Waals surface area contributed by atoms with E-state index in [4.69, 9.17) is 0 Å². The van der Waals surface area contributed by atoms with Crippen molar-refractivity contribution in [2.24, 2.45) is 0 Å². The molecule has 1 heterocycles. The van der Waals surface area contributed by atoms with Crippen molar-refractivity contribution in [1.29, 1.82) is 0 Å². The monoisotopic (exact) mass is 299 g/mol. The molecule has 0 unspecified atom stereocenters. The molecule has 1 N–H and O–H groups in total. The summed E-state index contributed by atoms with van der Waals surface area (Å²) in [4.78, 5) is 28.3. The Bertz CT molecular complexity index is 728. The molecule has 22 heavy (non-hydrogen) atoms. The first-order valence-electron chi connectivity index (χ1n) is 7.29. The first-order valence-corrected chi connectivity index (χ1v) is 7.29. The van der Waals surface area contributed by atoms with E-state index in [0.717, 1.165) is 22.5 Å². The fourth-order valence-electron chi connectivity index (χ4n) is 2.28. The zero-order valence-electron chi connectivity index (χ0n) is 13.4. The van der Waals surface area contributed by atoms with Gasteiger partial charge in [0.05, 0.1) is 12.0 Å². The average Bonchev–Trinajstić information content (AvgIpc) is 2.39. The highest BCUT2D eigenvalue weighted by Gasteiger charge is 2.08. The van der Waals surface area contributed by atoms with E-state index in [1.807, 2.05) is 45.9 Å². The summed E-state index contributed by atoms with van der Waals surface area (Å²) in [6.45, 7) is 7.85. The Hall–Kier alpha value is -2.43. The molecule has 1 aromatic heterocycles. The van der Waals surface area contributed by atoms with Gasteiger partial charge in [-0.1, -0.05) is 19.9 Å². The lowest BCUT2D eigenvalue weighted by molar-refractivity contribution is -0.116. The molecule has 0 atom stereocenters. The molecule has 0 fully saturated rings. The maximum Gasteiger partial charge on any atom is 0.254 e. The number of rotatable bonds is 4. The van der Waals surface area contributed by atoms with Crippen LogP contribution in [0.4, 0.5) is 5.69 Å². The van der Waals surface area contributed by atoms with Crippen molar-refractivity contribution in [2.45, 2.75) is 40.2 Å². The van der Waals surface area contributed by atoms with Gasteiger partial charge in [-0.25, -0.2) is 4.98 Å². The molecule has 0 aliphatic heterocycles. The predicted molar refractivity (Wildman–Crippen MR) is 87.1 cm³/mol. The number of nitrogens with zero attached hydrogens (tertiary/aromatic N) is 2. The summed E-state index contributed by atoms with van der Waals surface area (Å²) in [5.41, 5.74) is 3.42. The number of amides is 1. The number of nitrogens with one attached hydrogen (secondary N) is 1. The van der Waals surface area contributed by atoms with Crippen molar-refractivity contribution in [3.8, 4) is 0 Å². The predicted octanol–water partition coefficient (Wildman–Crippen LogP) is 2.62. The van der Waals surface area contributed by atoms with E-state index in [9.17, 15) is 9.59 Å². The van der Waals surface area contributed by atoms with Crippen molar-refractivity contribution in [1.82, 2.24) is 9.55 Å². The van der Waals surface area contributed by atoms with Crippen LogP contribution >= 0.6 is 0 Å². The molecule has 2 aromatic rings. The lowest BCUT2D eigenvalue weighted by Crippen LogP contribution is -2.28. The Morgan fingerprint density at radius 1 is 1.18 bits per heavy atom. The van der Waals surface area contributed by atoms with E-state index in [1.54, 1.807) is 0 Å². The minimum atomic E-state index is -0.244. The summed E-state index contributed by atoms with van der Waals surface area (Å²) < 4.78 is 1.31. The second-order valence-corrected chi connectivity index (χ2v) is 5.86. The van der Waals surface area contributed by atoms with Gasteiger partial charge < -0.3 is 5.32 Å². The maximum atomic E-state index is 12.1.